The van der Waals surface area contributed by atoms with Gasteiger partial charge < -0.3 is 14.5 Å². The fourth-order valence-electron chi connectivity index (χ4n) is 2.75. The Morgan fingerprint density at radius 1 is 1.27 bits per heavy atom. The molecule has 2 aromatic heterocycles. The molecule has 136 valence electrons. The van der Waals surface area contributed by atoms with Crippen molar-refractivity contribution in [1.82, 2.24) is 14.7 Å². The topological polar surface area (TPSA) is 55.6 Å². The van der Waals surface area contributed by atoms with Crippen molar-refractivity contribution in [1.29, 1.82) is 0 Å². The van der Waals surface area contributed by atoms with Crippen LogP contribution >= 0.6 is 11.8 Å². The van der Waals surface area contributed by atoms with Crippen LogP contribution in [0.3, 0.4) is 0 Å². The predicted molar refractivity (Wildman–Crippen MR) is 106 cm³/mol. The van der Waals surface area contributed by atoms with Crippen LogP contribution in [0.25, 0.3) is 5.65 Å². The molecule has 2 heterocycles. The lowest BCUT2D eigenvalue weighted by Crippen LogP contribution is -2.25. The smallest absolute Gasteiger partial charge is 0.251 e. The Hall–Kier alpha value is -2.47. The summed E-state index contributed by atoms with van der Waals surface area (Å²) in [6, 6.07) is 11.6. The molecule has 0 spiro atoms. The van der Waals surface area contributed by atoms with Gasteiger partial charge in [-0.3, -0.25) is 4.79 Å². The van der Waals surface area contributed by atoms with E-state index in [9.17, 15) is 4.79 Å². The maximum absolute atomic E-state index is 12.3. The Kier molecular flexibility index (Phi) is 6.17. The number of aromatic nitrogens is 2. The van der Waals surface area contributed by atoms with E-state index in [1.54, 1.807) is 11.8 Å². The normalized spacial score (nSPS) is 10.8. The summed E-state index contributed by atoms with van der Waals surface area (Å²) in [6.45, 7) is 3.10. The lowest BCUT2D eigenvalue weighted by atomic mass is 10.1. The molecule has 0 bridgehead atoms. The molecule has 5 nitrogen and oxygen atoms in total. The summed E-state index contributed by atoms with van der Waals surface area (Å²) >= 11 is 1.77. The van der Waals surface area contributed by atoms with Crippen molar-refractivity contribution in [3.05, 3.63) is 65.6 Å². The van der Waals surface area contributed by atoms with Crippen molar-refractivity contribution in [3.8, 4) is 5.75 Å². The van der Waals surface area contributed by atoms with Crippen LogP contribution in [0.4, 0.5) is 0 Å². The molecule has 26 heavy (non-hydrogen) atoms. The molecular weight excluding hydrogens is 346 g/mol. The molecule has 3 aromatic rings. The number of nitrogens with one attached hydrogen (secondary N) is 1. The monoisotopic (exact) mass is 369 g/mol. The van der Waals surface area contributed by atoms with Gasteiger partial charge in [0.1, 0.15) is 0 Å². The molecule has 0 aliphatic carbocycles. The van der Waals surface area contributed by atoms with Gasteiger partial charge in [-0.25, -0.2) is 4.98 Å². The van der Waals surface area contributed by atoms with Crippen molar-refractivity contribution in [2.24, 2.45) is 0 Å². The van der Waals surface area contributed by atoms with E-state index in [2.05, 4.69) is 16.6 Å². The minimum absolute atomic E-state index is 0.0560. The Bertz CT molecular complexity index is 874. The number of rotatable bonds is 8. The number of carbonyl (C=O) groups is 1. The Balaban J connectivity index is 1.58. The molecule has 0 aliphatic rings. The van der Waals surface area contributed by atoms with E-state index < -0.39 is 0 Å². The van der Waals surface area contributed by atoms with E-state index >= 15 is 0 Å². The molecule has 0 fully saturated rings. The molecule has 1 aromatic carbocycles. The highest BCUT2D eigenvalue weighted by Gasteiger charge is 2.09. The molecule has 6 heteroatoms. The van der Waals surface area contributed by atoms with Crippen LogP contribution < -0.4 is 10.1 Å². The molecule has 0 radical (unpaired) electrons. The third-order valence-corrected chi connectivity index (χ3v) is 4.61. The van der Waals surface area contributed by atoms with E-state index in [0.29, 0.717) is 25.1 Å². The largest absolute Gasteiger partial charge is 0.490 e. The second-order valence-corrected chi connectivity index (χ2v) is 6.77. The van der Waals surface area contributed by atoms with Gasteiger partial charge in [0.2, 0.25) is 0 Å². The lowest BCUT2D eigenvalue weighted by Gasteiger charge is -2.05. The molecule has 1 N–H and O–H groups in total. The summed E-state index contributed by atoms with van der Waals surface area (Å²) in [6.07, 6.45) is 6.66. The van der Waals surface area contributed by atoms with Crippen molar-refractivity contribution in [2.45, 2.75) is 19.1 Å². The van der Waals surface area contributed by atoms with Gasteiger partial charge in [0.25, 0.3) is 5.91 Å². The van der Waals surface area contributed by atoms with Gasteiger partial charge in [0, 0.05) is 36.7 Å². The van der Waals surface area contributed by atoms with Crippen LogP contribution in [0.1, 0.15) is 28.5 Å². The van der Waals surface area contributed by atoms with E-state index in [1.165, 1.54) is 5.56 Å². The average molecular weight is 369 g/mol. The van der Waals surface area contributed by atoms with Gasteiger partial charge in [-0.05, 0) is 43.0 Å². The number of hydrogen-bond acceptors (Lipinski definition) is 4. The first kappa shape index (κ1) is 18.3. The third kappa shape index (κ3) is 4.38. The summed E-state index contributed by atoms with van der Waals surface area (Å²) in [5.41, 5.74) is 3.64. The average Bonchev–Trinajstić information content (AvgIpc) is 3.07. The van der Waals surface area contributed by atoms with E-state index in [1.807, 2.05) is 60.1 Å². The number of ether oxygens (including phenoxy) is 1. The van der Waals surface area contributed by atoms with Crippen LogP contribution in [-0.2, 0) is 12.2 Å². The number of nitrogens with zero attached hydrogens (tertiary/aromatic N) is 2. The quantitative estimate of drug-likeness (QED) is 0.659. The highest BCUT2D eigenvalue weighted by Crippen LogP contribution is 2.19. The zero-order chi connectivity index (χ0) is 18.4. The van der Waals surface area contributed by atoms with Gasteiger partial charge in [-0.2, -0.15) is 11.8 Å². The first-order valence-electron chi connectivity index (χ1n) is 8.66. The van der Waals surface area contributed by atoms with E-state index in [0.717, 1.165) is 22.8 Å². The molecular formula is C20H23N3O2S. The Labute approximate surface area is 157 Å². The molecule has 0 atom stereocenters. The molecule has 1 amide bonds. The van der Waals surface area contributed by atoms with Crippen molar-refractivity contribution in [3.63, 3.8) is 0 Å². The van der Waals surface area contributed by atoms with Crippen LogP contribution in [0, 0.1) is 0 Å². The van der Waals surface area contributed by atoms with E-state index in [4.69, 9.17) is 4.74 Å². The number of fused-ring (bicyclic) bond motifs is 1. The van der Waals surface area contributed by atoms with Gasteiger partial charge in [-0.1, -0.05) is 12.1 Å². The molecule has 3 rings (SSSR count). The number of carbonyl (C=O) groups excluding carboxylic acids is 1. The zero-order valence-electron chi connectivity index (χ0n) is 15.1. The second-order valence-electron chi connectivity index (χ2n) is 5.90. The zero-order valence-corrected chi connectivity index (χ0v) is 15.9. The summed E-state index contributed by atoms with van der Waals surface area (Å²) in [5, 5.41) is 2.96. The van der Waals surface area contributed by atoms with Gasteiger partial charge in [-0.15, -0.1) is 0 Å². The number of pyridine rings is 1. The van der Waals surface area contributed by atoms with Crippen molar-refractivity contribution < 1.29 is 9.53 Å². The van der Waals surface area contributed by atoms with Crippen LogP contribution in [0.5, 0.6) is 5.75 Å². The van der Waals surface area contributed by atoms with Gasteiger partial charge in [0.15, 0.2) is 11.4 Å². The number of benzene rings is 1. The van der Waals surface area contributed by atoms with Crippen LogP contribution in [-0.4, -0.2) is 34.7 Å². The summed E-state index contributed by atoms with van der Waals surface area (Å²) in [4.78, 5) is 16.9. The highest BCUT2D eigenvalue weighted by atomic mass is 32.2. The molecule has 0 saturated heterocycles. The SMILES string of the molecule is CCOc1cccn2cc(CCNC(=O)c3ccc(CSC)cc3)nc12. The predicted octanol–water partition coefficient (Wildman–Crippen LogP) is 3.57. The molecule has 0 aliphatic heterocycles. The maximum Gasteiger partial charge on any atom is 0.251 e. The van der Waals surface area contributed by atoms with Crippen molar-refractivity contribution in [2.75, 3.05) is 19.4 Å². The first-order chi connectivity index (χ1) is 12.7. The summed E-state index contributed by atoms with van der Waals surface area (Å²) in [5.74, 6) is 1.68. The first-order valence-corrected chi connectivity index (χ1v) is 10.1. The fourth-order valence-corrected chi connectivity index (χ4v) is 3.28. The number of imidazole rings is 1. The maximum atomic E-state index is 12.3. The van der Waals surface area contributed by atoms with Crippen molar-refractivity contribution >= 4 is 23.3 Å². The number of thioether (sulfide) groups is 1. The second kappa shape index (κ2) is 8.76. The minimum Gasteiger partial charge on any atom is -0.490 e. The fraction of sp³-hybridized carbons (Fsp3) is 0.300. The summed E-state index contributed by atoms with van der Waals surface area (Å²) < 4.78 is 7.56. The van der Waals surface area contributed by atoms with E-state index in [-0.39, 0.29) is 5.91 Å². The van der Waals surface area contributed by atoms with Crippen LogP contribution in [0.2, 0.25) is 0 Å². The van der Waals surface area contributed by atoms with Crippen LogP contribution in [0.15, 0.2) is 48.8 Å². The Morgan fingerprint density at radius 3 is 2.81 bits per heavy atom. The highest BCUT2D eigenvalue weighted by molar-refractivity contribution is 7.97. The minimum atomic E-state index is -0.0560. The summed E-state index contributed by atoms with van der Waals surface area (Å²) in [7, 11) is 0. The molecule has 0 unspecified atom stereocenters. The Morgan fingerprint density at radius 2 is 2.08 bits per heavy atom. The standard InChI is InChI=1S/C20H23N3O2S/c1-3-25-18-5-4-12-23-13-17(22-19(18)23)10-11-21-20(24)16-8-6-15(7-9-16)14-26-2/h4-9,12-13H,3,10-11,14H2,1-2H3,(H,21,24). The van der Waals surface area contributed by atoms with Gasteiger partial charge in [0.05, 0.1) is 12.3 Å². The van der Waals surface area contributed by atoms with Gasteiger partial charge >= 0.3 is 0 Å². The molecule has 0 saturated carbocycles. The number of amides is 1. The lowest BCUT2D eigenvalue weighted by molar-refractivity contribution is 0.0954. The number of hydrogen-bond donors (Lipinski definition) is 1. The third-order valence-electron chi connectivity index (χ3n) is 3.99.